The van der Waals surface area contributed by atoms with Gasteiger partial charge in [-0.1, -0.05) is 11.8 Å². The van der Waals surface area contributed by atoms with Gasteiger partial charge in [-0.15, -0.1) is 11.8 Å². The Bertz CT molecular complexity index is 1400. The minimum Gasteiger partial charge on any atom is -1.00 e. The van der Waals surface area contributed by atoms with Gasteiger partial charge in [0.15, 0.2) is 5.65 Å². The van der Waals surface area contributed by atoms with E-state index in [9.17, 15) is 24.3 Å². The molecule has 2 atom stereocenters. The minimum absolute atomic E-state index is 0. The SMILES string of the molecule is O=C(CSc1ncnc2[nH]ncc12)N[C@@H]1C(=O)N2C(C(=O)O)=C(C(=C3CCNC3=O)C3CC3)CS[C@H]12.[H-].[Na+]. The molecule has 0 bridgehead atoms. The van der Waals surface area contributed by atoms with Crippen LogP contribution in [0.4, 0.5) is 0 Å². The van der Waals surface area contributed by atoms with E-state index in [4.69, 9.17) is 0 Å². The first-order valence-corrected chi connectivity index (χ1v) is 13.5. The summed E-state index contributed by atoms with van der Waals surface area (Å²) in [6.07, 6.45) is 5.32. The predicted molar refractivity (Wildman–Crippen MR) is 131 cm³/mol. The van der Waals surface area contributed by atoms with Crippen LogP contribution in [0.25, 0.3) is 11.0 Å². The number of fused-ring (bicyclic) bond motifs is 2. The summed E-state index contributed by atoms with van der Waals surface area (Å²) in [6, 6.07) is -0.815. The number of carbonyl (C=O) groups is 4. The second-order valence-corrected chi connectivity index (χ2v) is 10.9. The van der Waals surface area contributed by atoms with Crippen LogP contribution in [0.15, 0.2) is 40.0 Å². The summed E-state index contributed by atoms with van der Waals surface area (Å²) in [7, 11) is 0. The van der Waals surface area contributed by atoms with Crippen molar-refractivity contribution in [2.75, 3.05) is 18.1 Å². The van der Waals surface area contributed by atoms with Gasteiger partial charge in [-0.05, 0) is 36.3 Å². The molecule has 2 aromatic heterocycles. The fourth-order valence-electron chi connectivity index (χ4n) is 4.86. The topological polar surface area (TPSA) is 170 Å². The molecular weight excluding hydrogens is 529 g/mol. The van der Waals surface area contributed by atoms with Crippen LogP contribution < -0.4 is 40.2 Å². The van der Waals surface area contributed by atoms with E-state index >= 15 is 0 Å². The number of nitrogens with zero attached hydrogens (tertiary/aromatic N) is 4. The number of thioether (sulfide) groups is 2. The van der Waals surface area contributed by atoms with Gasteiger partial charge in [0, 0.05) is 17.9 Å². The number of β-lactam (4-membered cyclic amide) rings is 1. The first-order valence-electron chi connectivity index (χ1n) is 11.4. The molecule has 4 aliphatic rings. The fourth-order valence-corrected chi connectivity index (χ4v) is 7.00. The number of amides is 3. The van der Waals surface area contributed by atoms with Crippen molar-refractivity contribution in [3.8, 4) is 0 Å². The maximum atomic E-state index is 13.1. The van der Waals surface area contributed by atoms with Crippen LogP contribution in [0.1, 0.15) is 20.7 Å². The molecule has 37 heavy (non-hydrogen) atoms. The summed E-state index contributed by atoms with van der Waals surface area (Å²) >= 11 is 2.61. The molecular formula is C22H22N7NaO5S2. The van der Waals surface area contributed by atoms with E-state index in [0.717, 1.165) is 18.4 Å². The molecule has 0 unspecified atom stereocenters. The van der Waals surface area contributed by atoms with Gasteiger partial charge >= 0.3 is 35.5 Å². The van der Waals surface area contributed by atoms with Crippen molar-refractivity contribution in [3.63, 3.8) is 0 Å². The number of carboxylic acids is 1. The Kier molecular flexibility index (Phi) is 7.38. The number of hydrogen-bond acceptors (Lipinski definition) is 9. The maximum Gasteiger partial charge on any atom is 1.00 e. The third kappa shape index (κ3) is 4.69. The summed E-state index contributed by atoms with van der Waals surface area (Å²) in [6.45, 7) is 0.533. The van der Waals surface area contributed by atoms with E-state index in [-0.39, 0.29) is 60.2 Å². The first kappa shape index (κ1) is 26.2. The smallest absolute Gasteiger partial charge is 1.00 e. The molecule has 3 aliphatic heterocycles. The largest absolute Gasteiger partial charge is 1.00 e. The number of nitrogens with one attached hydrogen (secondary N) is 3. The summed E-state index contributed by atoms with van der Waals surface area (Å²) in [5, 5.41) is 23.1. The van der Waals surface area contributed by atoms with E-state index in [1.165, 1.54) is 34.8 Å². The minimum atomic E-state index is -1.20. The number of allylic oxidation sites excluding steroid dienone is 1. The van der Waals surface area contributed by atoms with E-state index < -0.39 is 23.3 Å². The quantitative estimate of drug-likeness (QED) is 0.0951. The molecule has 6 rings (SSSR count). The van der Waals surface area contributed by atoms with E-state index in [0.29, 0.717) is 45.9 Å². The van der Waals surface area contributed by atoms with Gasteiger partial charge in [0.25, 0.3) is 5.91 Å². The number of carboxylic acid groups (broad SMARTS) is 1. The monoisotopic (exact) mass is 551 g/mol. The normalized spacial score (nSPS) is 24.3. The fraction of sp³-hybridized carbons (Fsp3) is 0.409. The number of rotatable bonds is 7. The Balaban J connectivity index is 0.00000168. The molecule has 0 spiro atoms. The zero-order valence-electron chi connectivity index (χ0n) is 20.8. The number of hydrogen-bond donors (Lipinski definition) is 4. The number of carbonyl (C=O) groups excluding carboxylic acids is 3. The number of H-pyrrole nitrogens is 1. The number of aromatic nitrogens is 4. The Hall–Kier alpha value is -2.39. The molecule has 12 nitrogen and oxygen atoms in total. The Morgan fingerprint density at radius 1 is 1.30 bits per heavy atom. The zero-order valence-corrected chi connectivity index (χ0v) is 23.4. The molecule has 0 radical (unpaired) electrons. The van der Waals surface area contributed by atoms with Gasteiger partial charge in [-0.3, -0.25) is 24.4 Å². The van der Waals surface area contributed by atoms with Gasteiger partial charge in [0.05, 0.1) is 17.3 Å². The summed E-state index contributed by atoms with van der Waals surface area (Å²) in [4.78, 5) is 59.9. The standard InChI is InChI=1S/C22H21N7O5S2.Na.H/c30-13(7-35-19-11-5-26-28-17(11)24-8-25-19)27-15-20(32)29-16(22(33)34)12(6-36-21(15)29)14(9-1-2-9)10-3-4-23-18(10)31;;/h5,8-9,15,21H,1-4,6-7H2,(H,23,31)(H,27,30)(H,33,34)(H,24,25,26,28);;/q;+1;-1/t15-,21-;;/m1../s1. The Labute approximate surface area is 242 Å². The Morgan fingerprint density at radius 2 is 2.11 bits per heavy atom. The summed E-state index contributed by atoms with van der Waals surface area (Å²) < 4.78 is 0. The molecule has 3 amide bonds. The Morgan fingerprint density at radius 3 is 2.81 bits per heavy atom. The van der Waals surface area contributed by atoms with Crippen molar-refractivity contribution in [3.05, 3.63) is 34.9 Å². The number of aromatic amines is 1. The van der Waals surface area contributed by atoms with Crippen molar-refractivity contribution in [2.45, 2.75) is 35.7 Å². The van der Waals surface area contributed by atoms with Gasteiger partial charge in [-0.25, -0.2) is 14.8 Å². The van der Waals surface area contributed by atoms with Gasteiger partial charge in [0.2, 0.25) is 11.8 Å². The molecule has 1 aliphatic carbocycles. The summed E-state index contributed by atoms with van der Waals surface area (Å²) in [5.41, 5.74) is 2.48. The molecule has 15 heteroatoms. The van der Waals surface area contributed by atoms with Crippen molar-refractivity contribution < 1.29 is 55.3 Å². The molecule has 3 fully saturated rings. The second-order valence-electron chi connectivity index (χ2n) is 8.86. The van der Waals surface area contributed by atoms with Crippen LogP contribution in [-0.4, -0.2) is 83.3 Å². The second kappa shape index (κ2) is 10.4. The van der Waals surface area contributed by atoms with E-state index in [1.807, 2.05) is 0 Å². The van der Waals surface area contributed by atoms with Crippen molar-refractivity contribution in [1.29, 1.82) is 0 Å². The van der Waals surface area contributed by atoms with Crippen LogP contribution in [-0.2, 0) is 19.2 Å². The molecule has 5 heterocycles. The third-order valence-corrected chi connectivity index (χ3v) is 8.89. The van der Waals surface area contributed by atoms with Gasteiger partial charge in [-0.2, -0.15) is 5.10 Å². The molecule has 2 aromatic rings. The van der Waals surface area contributed by atoms with Crippen molar-refractivity contribution in [2.24, 2.45) is 5.92 Å². The van der Waals surface area contributed by atoms with Gasteiger partial charge in [0.1, 0.15) is 28.5 Å². The first-order chi connectivity index (χ1) is 17.4. The molecule has 1 saturated carbocycles. The average Bonchev–Trinajstić information content (AvgIpc) is 3.42. The average molecular weight is 552 g/mol. The molecule has 188 valence electrons. The van der Waals surface area contributed by atoms with Crippen LogP contribution in [0.2, 0.25) is 0 Å². The van der Waals surface area contributed by atoms with Crippen LogP contribution in [0.3, 0.4) is 0 Å². The van der Waals surface area contributed by atoms with Crippen LogP contribution >= 0.6 is 23.5 Å². The molecule has 4 N–H and O–H groups in total. The van der Waals surface area contributed by atoms with Crippen LogP contribution in [0, 0.1) is 5.92 Å². The van der Waals surface area contributed by atoms with Crippen LogP contribution in [0.5, 0.6) is 0 Å². The predicted octanol–water partition coefficient (Wildman–Crippen LogP) is -2.47. The summed E-state index contributed by atoms with van der Waals surface area (Å²) in [5.74, 6) is -1.64. The third-order valence-electron chi connectivity index (χ3n) is 6.61. The van der Waals surface area contributed by atoms with E-state index in [1.54, 1.807) is 6.20 Å². The van der Waals surface area contributed by atoms with Crippen molar-refractivity contribution in [1.82, 2.24) is 35.7 Å². The number of aliphatic carboxylic acids is 1. The maximum absolute atomic E-state index is 13.1. The van der Waals surface area contributed by atoms with E-state index in [2.05, 4.69) is 30.8 Å². The van der Waals surface area contributed by atoms with Crippen molar-refractivity contribution >= 4 is 58.2 Å². The molecule has 2 saturated heterocycles. The zero-order chi connectivity index (χ0) is 25.0. The molecule has 0 aromatic carbocycles. The van der Waals surface area contributed by atoms with Gasteiger partial charge < -0.3 is 17.2 Å².